The fourth-order valence-corrected chi connectivity index (χ4v) is 3.68. The third-order valence-electron chi connectivity index (χ3n) is 5.37. The van der Waals surface area contributed by atoms with Crippen LogP contribution >= 0.6 is 0 Å². The third kappa shape index (κ3) is 3.79. The van der Waals surface area contributed by atoms with E-state index in [4.69, 9.17) is 0 Å². The Kier molecular flexibility index (Phi) is 4.74. The first-order valence-corrected chi connectivity index (χ1v) is 9.47. The molecule has 0 saturated heterocycles. The van der Waals surface area contributed by atoms with Crippen LogP contribution in [-0.2, 0) is 11.2 Å². The number of nitrogens with one attached hydrogen (secondary N) is 2. The van der Waals surface area contributed by atoms with Crippen molar-refractivity contribution in [3.63, 3.8) is 0 Å². The molecule has 2 aromatic rings. The Morgan fingerprint density at radius 2 is 1.73 bits per heavy atom. The summed E-state index contributed by atoms with van der Waals surface area (Å²) in [6, 6.07) is 15.7. The van der Waals surface area contributed by atoms with Crippen molar-refractivity contribution in [2.24, 2.45) is 5.92 Å². The molecule has 4 nitrogen and oxygen atoms in total. The number of carbonyl (C=O) groups excluding carboxylic acids is 2. The van der Waals surface area contributed by atoms with Gasteiger partial charge in [0.1, 0.15) is 0 Å². The quantitative estimate of drug-likeness (QED) is 0.861. The smallest absolute Gasteiger partial charge is 0.251 e. The lowest BCUT2D eigenvalue weighted by molar-refractivity contribution is -0.117. The summed E-state index contributed by atoms with van der Waals surface area (Å²) < 4.78 is 0. The van der Waals surface area contributed by atoms with Crippen LogP contribution in [0.1, 0.15) is 53.1 Å². The number of hydrogen-bond donors (Lipinski definition) is 2. The van der Waals surface area contributed by atoms with Crippen LogP contribution in [0.25, 0.3) is 0 Å². The number of aryl methyl sites for hydroxylation is 1. The third-order valence-corrected chi connectivity index (χ3v) is 5.37. The number of rotatable bonds is 5. The monoisotopic (exact) mass is 348 g/mol. The zero-order valence-electron chi connectivity index (χ0n) is 14.8. The molecule has 0 radical (unpaired) electrons. The van der Waals surface area contributed by atoms with E-state index in [1.807, 2.05) is 0 Å². The van der Waals surface area contributed by atoms with E-state index < -0.39 is 0 Å². The molecule has 0 heterocycles. The Balaban J connectivity index is 1.34. The van der Waals surface area contributed by atoms with Crippen LogP contribution in [-0.4, -0.2) is 18.4 Å². The van der Waals surface area contributed by atoms with Gasteiger partial charge in [-0.3, -0.25) is 9.59 Å². The van der Waals surface area contributed by atoms with Crippen LogP contribution in [0.15, 0.2) is 48.5 Å². The number of benzene rings is 2. The van der Waals surface area contributed by atoms with Crippen molar-refractivity contribution in [1.29, 1.82) is 0 Å². The summed E-state index contributed by atoms with van der Waals surface area (Å²) in [5, 5.41) is 5.97. The van der Waals surface area contributed by atoms with E-state index in [1.54, 1.807) is 24.3 Å². The van der Waals surface area contributed by atoms with Gasteiger partial charge in [0, 0.05) is 29.6 Å². The maximum atomic E-state index is 12.5. The summed E-state index contributed by atoms with van der Waals surface area (Å²) in [7, 11) is 0. The second kappa shape index (κ2) is 7.32. The van der Waals surface area contributed by atoms with Gasteiger partial charge >= 0.3 is 0 Å². The predicted molar refractivity (Wildman–Crippen MR) is 102 cm³/mol. The van der Waals surface area contributed by atoms with Gasteiger partial charge in [-0.05, 0) is 67.5 Å². The second-order valence-electron chi connectivity index (χ2n) is 7.34. The van der Waals surface area contributed by atoms with Gasteiger partial charge in [-0.15, -0.1) is 0 Å². The van der Waals surface area contributed by atoms with Crippen molar-refractivity contribution in [2.45, 2.75) is 38.0 Å². The fourth-order valence-electron chi connectivity index (χ4n) is 3.68. The van der Waals surface area contributed by atoms with Crippen molar-refractivity contribution in [3.8, 4) is 0 Å². The van der Waals surface area contributed by atoms with E-state index in [0.717, 1.165) is 31.4 Å². The Bertz CT molecular complexity index is 809. The molecule has 2 aliphatic rings. The van der Waals surface area contributed by atoms with Gasteiger partial charge in [0.15, 0.2) is 0 Å². The lowest BCUT2D eigenvalue weighted by atomic mass is 9.83. The Hall–Kier alpha value is -2.62. The zero-order chi connectivity index (χ0) is 17.9. The van der Waals surface area contributed by atoms with Crippen LogP contribution in [0, 0.1) is 5.92 Å². The number of amides is 2. The zero-order valence-corrected chi connectivity index (χ0v) is 14.8. The minimum atomic E-state index is -0.0619. The topological polar surface area (TPSA) is 58.2 Å². The van der Waals surface area contributed by atoms with Crippen LogP contribution in [0.5, 0.6) is 0 Å². The molecule has 4 rings (SSSR count). The van der Waals surface area contributed by atoms with Gasteiger partial charge < -0.3 is 10.6 Å². The number of fused-ring (bicyclic) bond motifs is 1. The molecular formula is C22H24N2O2. The van der Waals surface area contributed by atoms with Crippen molar-refractivity contribution >= 4 is 17.5 Å². The minimum Gasteiger partial charge on any atom is -0.351 e. The predicted octanol–water partition coefficient (Wildman–Crippen LogP) is 3.89. The van der Waals surface area contributed by atoms with Crippen molar-refractivity contribution < 1.29 is 9.59 Å². The molecule has 1 fully saturated rings. The Morgan fingerprint density at radius 3 is 2.50 bits per heavy atom. The maximum absolute atomic E-state index is 12.5. The molecule has 2 amide bonds. The van der Waals surface area contributed by atoms with E-state index in [2.05, 4.69) is 34.9 Å². The van der Waals surface area contributed by atoms with Crippen LogP contribution < -0.4 is 10.6 Å². The lowest BCUT2D eigenvalue weighted by Gasteiger charge is -2.25. The molecule has 1 atom stereocenters. The first-order chi connectivity index (χ1) is 12.7. The molecule has 1 saturated carbocycles. The van der Waals surface area contributed by atoms with E-state index in [1.165, 1.54) is 17.5 Å². The summed E-state index contributed by atoms with van der Waals surface area (Å²) in [5.74, 6) is 0.587. The molecule has 134 valence electrons. The molecule has 2 aromatic carbocycles. The van der Waals surface area contributed by atoms with Gasteiger partial charge in [0.2, 0.25) is 5.91 Å². The Labute approximate surface area is 154 Å². The van der Waals surface area contributed by atoms with E-state index in [9.17, 15) is 9.59 Å². The molecular weight excluding hydrogens is 324 g/mol. The first kappa shape index (κ1) is 16.8. The summed E-state index contributed by atoms with van der Waals surface area (Å²) in [6.07, 6.45) is 5.39. The summed E-state index contributed by atoms with van der Waals surface area (Å²) in [5.41, 5.74) is 4.16. The standard InChI is InChI=1S/C22H24N2O2/c25-21(16-10-12-19(13-11-16)24-22(26)17-8-9-17)23-14-18-6-3-5-15-4-1-2-7-20(15)18/h1-2,4,7,10-13,17-18H,3,5-6,8-9,14H2,(H,23,25)(H,24,26). The Morgan fingerprint density at radius 1 is 0.962 bits per heavy atom. The molecule has 0 aliphatic heterocycles. The fraction of sp³-hybridized carbons (Fsp3) is 0.364. The van der Waals surface area contributed by atoms with Gasteiger partial charge in [0.25, 0.3) is 5.91 Å². The largest absolute Gasteiger partial charge is 0.351 e. The summed E-state index contributed by atoms with van der Waals surface area (Å²) in [6.45, 7) is 0.663. The first-order valence-electron chi connectivity index (χ1n) is 9.47. The van der Waals surface area contributed by atoms with Crippen LogP contribution in [0.2, 0.25) is 0 Å². The average Bonchev–Trinajstić information content (AvgIpc) is 3.52. The van der Waals surface area contributed by atoms with Gasteiger partial charge in [-0.2, -0.15) is 0 Å². The lowest BCUT2D eigenvalue weighted by Crippen LogP contribution is -2.30. The highest BCUT2D eigenvalue weighted by Crippen LogP contribution is 2.31. The van der Waals surface area contributed by atoms with Crippen molar-refractivity contribution in [3.05, 3.63) is 65.2 Å². The second-order valence-corrected chi connectivity index (χ2v) is 7.34. The van der Waals surface area contributed by atoms with Crippen LogP contribution in [0.3, 0.4) is 0 Å². The molecule has 2 N–H and O–H groups in total. The summed E-state index contributed by atoms with van der Waals surface area (Å²) >= 11 is 0. The van der Waals surface area contributed by atoms with E-state index in [-0.39, 0.29) is 17.7 Å². The van der Waals surface area contributed by atoms with Gasteiger partial charge in [-0.1, -0.05) is 24.3 Å². The molecule has 0 bridgehead atoms. The highest BCUT2D eigenvalue weighted by molar-refractivity contribution is 5.96. The molecule has 4 heteroatoms. The molecule has 2 aliphatic carbocycles. The SMILES string of the molecule is O=C(NCC1CCCc2ccccc21)c1ccc(NC(=O)C2CC2)cc1. The molecule has 26 heavy (non-hydrogen) atoms. The number of anilines is 1. The van der Waals surface area contributed by atoms with Crippen molar-refractivity contribution in [1.82, 2.24) is 5.32 Å². The molecule has 1 unspecified atom stereocenters. The number of hydrogen-bond acceptors (Lipinski definition) is 2. The molecule has 0 aromatic heterocycles. The highest BCUT2D eigenvalue weighted by atomic mass is 16.2. The maximum Gasteiger partial charge on any atom is 0.251 e. The van der Waals surface area contributed by atoms with Crippen molar-refractivity contribution in [2.75, 3.05) is 11.9 Å². The van der Waals surface area contributed by atoms with Gasteiger partial charge in [0.05, 0.1) is 0 Å². The highest BCUT2D eigenvalue weighted by Gasteiger charge is 2.29. The van der Waals surface area contributed by atoms with E-state index in [0.29, 0.717) is 18.0 Å². The molecule has 0 spiro atoms. The average molecular weight is 348 g/mol. The van der Waals surface area contributed by atoms with Gasteiger partial charge in [-0.25, -0.2) is 0 Å². The summed E-state index contributed by atoms with van der Waals surface area (Å²) in [4.78, 5) is 24.2. The normalized spacial score (nSPS) is 18.7. The number of carbonyl (C=O) groups is 2. The van der Waals surface area contributed by atoms with Crippen LogP contribution in [0.4, 0.5) is 5.69 Å². The minimum absolute atomic E-state index is 0.0619. The van der Waals surface area contributed by atoms with E-state index >= 15 is 0 Å².